The molecule has 5 rings (SSSR count). The summed E-state index contributed by atoms with van der Waals surface area (Å²) in [5.41, 5.74) is 2.01. The van der Waals surface area contributed by atoms with Gasteiger partial charge in [0.15, 0.2) is 0 Å². The van der Waals surface area contributed by atoms with Crippen molar-refractivity contribution in [1.82, 2.24) is 0 Å². The van der Waals surface area contributed by atoms with Crippen molar-refractivity contribution in [2.24, 2.45) is 31.0 Å². The number of fused-ring (bicyclic) bond motifs is 1. The van der Waals surface area contributed by atoms with Gasteiger partial charge in [0.1, 0.15) is 32.7 Å². The minimum Gasteiger partial charge on any atom is -0.508 e. The van der Waals surface area contributed by atoms with Gasteiger partial charge in [-0.2, -0.15) is 16.8 Å². The molecule has 0 atom stereocenters. The van der Waals surface area contributed by atoms with Gasteiger partial charge in [0.05, 0.1) is 43.3 Å². The molecule has 5 aromatic rings. The standard InChI is InChI=1S/C28H18N10O15S2.2Na/c29-21-11-18(39)5-6-22(21)31-32-23-12-19(54(48,49)52-34-30-15-1-3-16(4-2-15)36(42)43)7-14-8-20(13-26(40)27(14)23)55(50,51)53-35-33-24-9-17(37(44)45)10-25(28(24)41)38(46)47;;/h1-13,39-41H,29H2;;/q;2*+1. The van der Waals surface area contributed by atoms with E-state index in [1.54, 1.807) is 0 Å². The Hall–Kier alpha value is -5.94. The molecule has 0 fully saturated rings. The van der Waals surface area contributed by atoms with Gasteiger partial charge in [-0.05, 0) is 47.9 Å². The normalized spacial score (nSPS) is 11.6. The van der Waals surface area contributed by atoms with E-state index in [9.17, 15) is 62.5 Å². The van der Waals surface area contributed by atoms with E-state index in [1.165, 1.54) is 12.1 Å². The Morgan fingerprint density at radius 1 is 0.596 bits per heavy atom. The number of non-ortho nitro benzene ring substituents is 2. The molecule has 5 N–H and O–H groups in total. The van der Waals surface area contributed by atoms with E-state index in [1.807, 2.05) is 0 Å². The van der Waals surface area contributed by atoms with Gasteiger partial charge in [-0.25, -0.2) is 8.57 Å². The third-order valence-corrected chi connectivity index (χ3v) is 9.05. The van der Waals surface area contributed by atoms with Gasteiger partial charge in [-0.1, -0.05) is 0 Å². The number of nitro benzene ring substituents is 3. The van der Waals surface area contributed by atoms with Crippen molar-refractivity contribution in [1.29, 1.82) is 0 Å². The molecular formula is C28H18N10Na2O15S2+2. The molecule has 0 aliphatic heterocycles. The molecule has 0 aliphatic carbocycles. The van der Waals surface area contributed by atoms with Crippen molar-refractivity contribution in [3.8, 4) is 17.2 Å². The summed E-state index contributed by atoms with van der Waals surface area (Å²) in [6.45, 7) is 0. The van der Waals surface area contributed by atoms with Crippen LogP contribution in [-0.2, 0) is 28.8 Å². The molecule has 0 aromatic heterocycles. The number of anilines is 1. The van der Waals surface area contributed by atoms with E-state index in [-0.39, 0.29) is 98.4 Å². The number of azo groups is 1. The first kappa shape index (κ1) is 45.4. The quantitative estimate of drug-likeness (QED) is 0.0412. The first-order chi connectivity index (χ1) is 25.9. The Balaban J connectivity index is 0.00000435. The van der Waals surface area contributed by atoms with Gasteiger partial charge in [-0.15, -0.1) is 20.5 Å². The Labute approximate surface area is 361 Å². The number of hydrogen-bond donors (Lipinski definition) is 4. The van der Waals surface area contributed by atoms with Crippen LogP contribution in [0.25, 0.3) is 10.8 Å². The molecule has 57 heavy (non-hydrogen) atoms. The number of rotatable bonds is 13. The maximum Gasteiger partial charge on any atom is 1.00 e. The average Bonchev–Trinajstić information content (AvgIpc) is 3.11. The Kier molecular flexibility index (Phi) is 14.6. The third-order valence-electron chi connectivity index (χ3n) is 6.90. The van der Waals surface area contributed by atoms with Gasteiger partial charge in [0.25, 0.3) is 11.4 Å². The molecule has 0 bridgehead atoms. The molecule has 0 spiro atoms. The van der Waals surface area contributed by atoms with E-state index < -0.39 is 79.0 Å². The van der Waals surface area contributed by atoms with Crippen LogP contribution in [0.5, 0.6) is 17.2 Å². The maximum absolute atomic E-state index is 13.2. The van der Waals surface area contributed by atoms with Crippen LogP contribution >= 0.6 is 0 Å². The van der Waals surface area contributed by atoms with Crippen LogP contribution in [0.1, 0.15) is 0 Å². The fourth-order valence-corrected chi connectivity index (χ4v) is 5.84. The zero-order chi connectivity index (χ0) is 40.2. The summed E-state index contributed by atoms with van der Waals surface area (Å²) in [6.07, 6.45) is 0. The van der Waals surface area contributed by atoms with Gasteiger partial charge in [-0.3, -0.25) is 30.3 Å². The van der Waals surface area contributed by atoms with E-state index in [2.05, 4.69) is 39.6 Å². The van der Waals surface area contributed by atoms with E-state index in [0.29, 0.717) is 18.2 Å². The summed E-state index contributed by atoms with van der Waals surface area (Å²) in [6, 6.07) is 12.0. The topological polar surface area (TPSA) is 377 Å². The second kappa shape index (κ2) is 18.3. The minimum atomic E-state index is -5.11. The zero-order valence-electron chi connectivity index (χ0n) is 28.7. The van der Waals surface area contributed by atoms with Crippen LogP contribution in [-0.4, -0.2) is 46.9 Å². The van der Waals surface area contributed by atoms with Crippen molar-refractivity contribution >= 4 is 76.5 Å². The van der Waals surface area contributed by atoms with Gasteiger partial charge >= 0.3 is 85.0 Å². The first-order valence-electron chi connectivity index (χ1n) is 14.3. The number of aromatic hydroxyl groups is 3. The van der Waals surface area contributed by atoms with Crippen molar-refractivity contribution in [3.05, 3.63) is 109 Å². The minimum absolute atomic E-state index is 0. The molecule has 0 unspecified atom stereocenters. The monoisotopic (exact) mass is 844 g/mol. The molecule has 0 aliphatic rings. The van der Waals surface area contributed by atoms with Crippen LogP contribution in [0.2, 0.25) is 0 Å². The summed E-state index contributed by atoms with van der Waals surface area (Å²) in [4.78, 5) is 28.7. The average molecular weight is 845 g/mol. The number of phenols is 3. The Bertz CT molecular complexity index is 2740. The second-order valence-corrected chi connectivity index (χ2v) is 13.5. The summed E-state index contributed by atoms with van der Waals surface area (Å²) < 4.78 is 61.6. The predicted molar refractivity (Wildman–Crippen MR) is 182 cm³/mol. The molecule has 0 saturated carbocycles. The fourth-order valence-electron chi connectivity index (χ4n) is 4.37. The second-order valence-electron chi connectivity index (χ2n) is 10.5. The number of nitrogens with two attached hydrogens (primary N) is 1. The zero-order valence-corrected chi connectivity index (χ0v) is 34.3. The number of phenolic OH excluding ortho intramolecular Hbond substituents is 3. The fraction of sp³-hybridized carbons (Fsp3) is 0. The van der Waals surface area contributed by atoms with E-state index >= 15 is 0 Å². The van der Waals surface area contributed by atoms with E-state index in [0.717, 1.165) is 48.5 Å². The van der Waals surface area contributed by atoms with Gasteiger partial charge < -0.3 is 21.1 Å². The van der Waals surface area contributed by atoms with Crippen molar-refractivity contribution in [2.45, 2.75) is 9.79 Å². The molecule has 0 heterocycles. The third kappa shape index (κ3) is 10.7. The molecule has 29 heteroatoms. The van der Waals surface area contributed by atoms with Crippen LogP contribution in [0.15, 0.2) is 120 Å². The number of hydrogen-bond acceptors (Lipinski definition) is 22. The Morgan fingerprint density at radius 2 is 1.16 bits per heavy atom. The predicted octanol–water partition coefficient (Wildman–Crippen LogP) is 0.495. The van der Waals surface area contributed by atoms with Crippen LogP contribution in [0.4, 0.5) is 45.5 Å². The maximum atomic E-state index is 13.2. The first-order valence-corrected chi connectivity index (χ1v) is 17.1. The molecule has 0 saturated heterocycles. The molecule has 25 nitrogen and oxygen atoms in total. The summed E-state index contributed by atoms with van der Waals surface area (Å²) >= 11 is 0. The number of nitro groups is 3. The number of nitrogens with zero attached hydrogens (tertiary/aromatic N) is 9. The van der Waals surface area contributed by atoms with Crippen LogP contribution in [0, 0.1) is 30.3 Å². The van der Waals surface area contributed by atoms with Crippen molar-refractivity contribution < 1.29 is 115 Å². The largest absolute Gasteiger partial charge is 1.00 e. The van der Waals surface area contributed by atoms with Gasteiger partial charge in [0, 0.05) is 40.9 Å². The van der Waals surface area contributed by atoms with Crippen LogP contribution in [0.3, 0.4) is 0 Å². The molecular weight excluding hydrogens is 826 g/mol. The van der Waals surface area contributed by atoms with Crippen molar-refractivity contribution in [2.75, 3.05) is 5.73 Å². The Morgan fingerprint density at radius 3 is 1.72 bits per heavy atom. The number of nitrogen functional groups attached to an aromatic ring is 1. The van der Waals surface area contributed by atoms with Gasteiger partial charge in [0.2, 0.25) is 5.75 Å². The SMILES string of the molecule is Nc1cc(O)ccc1N=Nc1cc(S(=O)(=O)ON=Nc2ccc([N+](=O)[O-])cc2)cc2cc(S(=O)(=O)ON=Nc3cc([N+](=O)[O-])cc([N+](=O)[O-])c3O)cc(O)c12.[Na+].[Na+]. The molecule has 0 radical (unpaired) electrons. The van der Waals surface area contributed by atoms with Crippen LogP contribution < -0.4 is 64.8 Å². The smallest absolute Gasteiger partial charge is 0.508 e. The number of benzene rings is 5. The van der Waals surface area contributed by atoms with E-state index in [4.69, 9.17) is 5.73 Å². The molecule has 0 amide bonds. The summed E-state index contributed by atoms with van der Waals surface area (Å²) in [7, 11) is -10.0. The summed E-state index contributed by atoms with van der Waals surface area (Å²) in [5, 5.41) is 83.9. The summed E-state index contributed by atoms with van der Waals surface area (Å²) in [5.74, 6) is -2.28. The van der Waals surface area contributed by atoms with Crippen molar-refractivity contribution in [3.63, 3.8) is 0 Å². The molecule has 282 valence electrons. The molecule has 5 aromatic carbocycles.